The number of aliphatic imine (C=N–C) groups is 1. The van der Waals surface area contributed by atoms with Gasteiger partial charge in [-0.25, -0.2) is 9.38 Å². The van der Waals surface area contributed by atoms with Crippen LogP contribution in [0.15, 0.2) is 53.5 Å². The quantitative estimate of drug-likeness (QED) is 0.785. The number of benzene rings is 2. The van der Waals surface area contributed by atoms with Crippen molar-refractivity contribution in [1.82, 2.24) is 5.32 Å². The van der Waals surface area contributed by atoms with E-state index in [0.29, 0.717) is 23.0 Å². The van der Waals surface area contributed by atoms with Crippen LogP contribution in [-0.2, 0) is 4.79 Å². The normalized spacial score (nSPS) is 18.0. The van der Waals surface area contributed by atoms with E-state index in [1.165, 1.54) is 36.0 Å². The maximum Gasteiger partial charge on any atom is 0.240 e. The average Bonchev–Trinajstić information content (AvgIpc) is 2.96. The smallest absolute Gasteiger partial charge is 0.240 e. The number of nitrogens with zero attached hydrogens (tertiary/aromatic N) is 1. The van der Waals surface area contributed by atoms with E-state index in [1.807, 2.05) is 6.92 Å². The molecule has 3 rings (SSSR count). The van der Waals surface area contributed by atoms with Crippen molar-refractivity contribution in [2.75, 3.05) is 6.61 Å². The van der Waals surface area contributed by atoms with Gasteiger partial charge in [0.2, 0.25) is 5.91 Å². The van der Waals surface area contributed by atoms with Crippen LogP contribution in [0.1, 0.15) is 23.7 Å². The monoisotopic (exact) mass is 372 g/mol. The summed E-state index contributed by atoms with van der Waals surface area (Å²) in [6.45, 7) is 2.50. The van der Waals surface area contributed by atoms with Gasteiger partial charge in [0.15, 0.2) is 11.0 Å². The molecular formula is C19H17FN2O3S. The van der Waals surface area contributed by atoms with Crippen LogP contribution in [0.25, 0.3) is 0 Å². The van der Waals surface area contributed by atoms with Gasteiger partial charge in [-0.2, -0.15) is 0 Å². The number of rotatable bonds is 6. The van der Waals surface area contributed by atoms with Crippen molar-refractivity contribution in [1.29, 1.82) is 0 Å². The Morgan fingerprint density at radius 3 is 2.54 bits per heavy atom. The summed E-state index contributed by atoms with van der Waals surface area (Å²) in [7, 11) is 0. The molecule has 1 amide bonds. The number of amides is 1. The molecule has 1 atom stereocenters. The molecule has 134 valence electrons. The van der Waals surface area contributed by atoms with Crippen LogP contribution in [0.5, 0.6) is 5.75 Å². The third-order valence-corrected chi connectivity index (χ3v) is 4.77. The van der Waals surface area contributed by atoms with Crippen molar-refractivity contribution in [3.8, 4) is 5.75 Å². The Balaban J connectivity index is 1.64. The lowest BCUT2D eigenvalue weighted by atomic mass is 10.1. The number of carbonyl (C=O) groups excluding carboxylic acids is 2. The molecule has 7 heteroatoms. The first kappa shape index (κ1) is 18.1. The Labute approximate surface area is 154 Å². The molecule has 1 aliphatic rings. The van der Waals surface area contributed by atoms with Crippen LogP contribution < -0.4 is 10.1 Å². The van der Waals surface area contributed by atoms with Gasteiger partial charge in [-0.1, -0.05) is 11.8 Å². The molecule has 0 aromatic heterocycles. The number of carbonyl (C=O) groups is 2. The maximum absolute atomic E-state index is 12.9. The minimum absolute atomic E-state index is 0.0322. The van der Waals surface area contributed by atoms with Gasteiger partial charge in [-0.3, -0.25) is 9.59 Å². The molecule has 2 aromatic rings. The summed E-state index contributed by atoms with van der Waals surface area (Å²) >= 11 is 1.22. The summed E-state index contributed by atoms with van der Waals surface area (Å²) in [5.41, 5.74) is 1.07. The van der Waals surface area contributed by atoms with E-state index in [4.69, 9.17) is 4.74 Å². The van der Waals surface area contributed by atoms with Crippen molar-refractivity contribution in [2.24, 2.45) is 4.99 Å². The second-order valence-electron chi connectivity index (χ2n) is 5.57. The standard InChI is InChI=1S/C19H17FN2O3S/c1-2-25-15-9-7-14(8-10-15)21-19-22-18(24)17(26-19)11-16(23)12-3-5-13(20)6-4-12/h3-10,17H,2,11H2,1H3,(H,21,22,24). The third-order valence-electron chi connectivity index (χ3n) is 3.69. The Hall–Kier alpha value is -2.67. The second kappa shape index (κ2) is 8.14. The molecule has 1 N–H and O–H groups in total. The zero-order valence-corrected chi connectivity index (χ0v) is 14.9. The highest BCUT2D eigenvalue weighted by Crippen LogP contribution is 2.27. The predicted octanol–water partition coefficient (Wildman–Crippen LogP) is 3.72. The number of nitrogens with one attached hydrogen (secondary N) is 1. The van der Waals surface area contributed by atoms with Gasteiger partial charge in [0, 0.05) is 12.0 Å². The fourth-order valence-corrected chi connectivity index (χ4v) is 3.40. The lowest BCUT2D eigenvalue weighted by Crippen LogP contribution is -2.26. The summed E-state index contributed by atoms with van der Waals surface area (Å²) in [6.07, 6.45) is 0.0322. The van der Waals surface area contributed by atoms with Crippen molar-refractivity contribution in [3.05, 3.63) is 59.9 Å². The van der Waals surface area contributed by atoms with Gasteiger partial charge in [0.05, 0.1) is 17.5 Å². The van der Waals surface area contributed by atoms with E-state index in [2.05, 4.69) is 10.3 Å². The van der Waals surface area contributed by atoms with Crippen LogP contribution in [0, 0.1) is 5.82 Å². The topological polar surface area (TPSA) is 67.8 Å². The summed E-state index contributed by atoms with van der Waals surface area (Å²) in [6, 6.07) is 12.5. The van der Waals surface area contributed by atoms with Crippen molar-refractivity contribution < 1.29 is 18.7 Å². The van der Waals surface area contributed by atoms with Crippen LogP contribution in [0.2, 0.25) is 0 Å². The van der Waals surface area contributed by atoms with Crippen LogP contribution >= 0.6 is 11.8 Å². The lowest BCUT2D eigenvalue weighted by molar-refractivity contribution is -0.118. The van der Waals surface area contributed by atoms with Gasteiger partial charge >= 0.3 is 0 Å². The van der Waals surface area contributed by atoms with E-state index in [1.54, 1.807) is 24.3 Å². The minimum Gasteiger partial charge on any atom is -0.494 e. The van der Waals surface area contributed by atoms with Crippen molar-refractivity contribution in [2.45, 2.75) is 18.6 Å². The van der Waals surface area contributed by atoms with Gasteiger partial charge in [0.25, 0.3) is 0 Å². The first-order valence-electron chi connectivity index (χ1n) is 8.13. The SMILES string of the molecule is CCOc1ccc(N=C2NC(=O)C(CC(=O)c3ccc(F)cc3)S2)cc1. The number of hydrogen-bond donors (Lipinski definition) is 1. The number of thioether (sulfide) groups is 1. The molecule has 1 aliphatic heterocycles. The number of ketones is 1. The number of amidine groups is 1. The van der Waals surface area contributed by atoms with Gasteiger partial charge in [0.1, 0.15) is 11.6 Å². The van der Waals surface area contributed by atoms with E-state index in [-0.39, 0.29) is 18.1 Å². The first-order valence-corrected chi connectivity index (χ1v) is 9.01. The van der Waals surface area contributed by atoms with E-state index in [9.17, 15) is 14.0 Å². The van der Waals surface area contributed by atoms with Gasteiger partial charge in [-0.05, 0) is 55.5 Å². The summed E-state index contributed by atoms with van der Waals surface area (Å²) < 4.78 is 18.3. The molecule has 0 spiro atoms. The van der Waals surface area contributed by atoms with E-state index in [0.717, 1.165) is 5.75 Å². The molecule has 26 heavy (non-hydrogen) atoms. The highest BCUT2D eigenvalue weighted by molar-refractivity contribution is 8.15. The first-order chi connectivity index (χ1) is 12.5. The minimum atomic E-state index is -0.547. The number of ether oxygens (including phenoxy) is 1. The molecule has 0 bridgehead atoms. The maximum atomic E-state index is 12.9. The molecule has 1 saturated heterocycles. The van der Waals surface area contributed by atoms with Gasteiger partial charge in [-0.15, -0.1) is 0 Å². The number of Topliss-reactive ketones (excluding diaryl/α,β-unsaturated/α-hetero) is 1. The Bertz CT molecular complexity index is 835. The predicted molar refractivity (Wildman–Crippen MR) is 99.6 cm³/mol. The Morgan fingerprint density at radius 2 is 1.88 bits per heavy atom. The van der Waals surface area contributed by atoms with Crippen molar-refractivity contribution in [3.63, 3.8) is 0 Å². The Kier molecular flexibility index (Phi) is 5.68. The summed E-state index contributed by atoms with van der Waals surface area (Å²) in [5, 5.41) is 2.60. The van der Waals surface area contributed by atoms with Gasteiger partial charge < -0.3 is 10.1 Å². The molecule has 1 unspecified atom stereocenters. The molecule has 0 aliphatic carbocycles. The third kappa shape index (κ3) is 4.49. The molecular weight excluding hydrogens is 355 g/mol. The molecule has 5 nitrogen and oxygen atoms in total. The highest BCUT2D eigenvalue weighted by atomic mass is 32.2. The molecule has 1 fully saturated rings. The summed E-state index contributed by atoms with van der Waals surface area (Å²) in [5.74, 6) is -0.114. The zero-order valence-electron chi connectivity index (χ0n) is 14.1. The lowest BCUT2D eigenvalue weighted by Gasteiger charge is -2.04. The highest BCUT2D eigenvalue weighted by Gasteiger charge is 2.32. The van der Waals surface area contributed by atoms with Crippen LogP contribution in [0.4, 0.5) is 10.1 Å². The zero-order chi connectivity index (χ0) is 18.5. The Morgan fingerprint density at radius 1 is 1.19 bits per heavy atom. The van der Waals surface area contributed by atoms with Crippen LogP contribution in [0.3, 0.4) is 0 Å². The largest absolute Gasteiger partial charge is 0.494 e. The molecule has 0 radical (unpaired) electrons. The fraction of sp³-hybridized carbons (Fsp3) is 0.211. The van der Waals surface area contributed by atoms with E-state index >= 15 is 0 Å². The fourth-order valence-electron chi connectivity index (χ4n) is 2.42. The van der Waals surface area contributed by atoms with Crippen molar-refractivity contribution >= 4 is 34.3 Å². The average molecular weight is 372 g/mol. The second-order valence-corrected chi connectivity index (χ2v) is 6.77. The molecule has 1 heterocycles. The summed E-state index contributed by atoms with van der Waals surface area (Å²) in [4.78, 5) is 28.7. The number of hydrogen-bond acceptors (Lipinski definition) is 5. The molecule has 2 aromatic carbocycles. The van der Waals surface area contributed by atoms with E-state index < -0.39 is 11.1 Å². The van der Waals surface area contributed by atoms with Crippen LogP contribution in [-0.4, -0.2) is 28.7 Å². The number of halogens is 1. The molecule has 0 saturated carbocycles.